The molecule has 1 aromatic heterocycles. The minimum Gasteiger partial charge on any atom is -0.411 e. The third kappa shape index (κ3) is 1.50. The molecule has 2 aliphatic carbocycles. The topological polar surface area (TPSA) is 81.5 Å². The summed E-state index contributed by atoms with van der Waals surface area (Å²) >= 11 is 0. The van der Waals surface area contributed by atoms with Crippen LogP contribution in [0.3, 0.4) is 0 Å². The Labute approximate surface area is 106 Å². The fourth-order valence-corrected chi connectivity index (χ4v) is 3.34. The first-order chi connectivity index (χ1) is 8.67. The SMILES string of the molecule is C/C(=N\O)c1ncc(C2(C3(CCO)CC3)CC2)[nH]1. The lowest BCUT2D eigenvalue weighted by Crippen LogP contribution is -2.23. The van der Waals surface area contributed by atoms with Crippen LogP contribution in [0.2, 0.25) is 0 Å². The van der Waals surface area contributed by atoms with Gasteiger partial charge in [-0.2, -0.15) is 0 Å². The van der Waals surface area contributed by atoms with Gasteiger partial charge in [-0.15, -0.1) is 0 Å². The lowest BCUT2D eigenvalue weighted by molar-refractivity contribution is 0.221. The molecular weight excluding hydrogens is 230 g/mol. The fraction of sp³-hybridized carbons (Fsp3) is 0.692. The van der Waals surface area contributed by atoms with E-state index in [2.05, 4.69) is 15.1 Å². The summed E-state index contributed by atoms with van der Waals surface area (Å²) in [4.78, 5) is 7.57. The standard InChI is InChI=1S/C13H19N3O2/c1-9(16-18)11-14-8-10(15-11)13(4-5-13)12(2-3-12)6-7-17/h8,17-18H,2-7H2,1H3,(H,14,15)/b16-9+. The Morgan fingerprint density at radius 1 is 1.44 bits per heavy atom. The molecular formula is C13H19N3O2. The maximum absolute atomic E-state index is 9.23. The van der Waals surface area contributed by atoms with Gasteiger partial charge in [0, 0.05) is 23.9 Å². The summed E-state index contributed by atoms with van der Waals surface area (Å²) in [5, 5.41) is 21.2. The number of aliphatic hydroxyl groups excluding tert-OH is 1. The largest absolute Gasteiger partial charge is 0.411 e. The lowest BCUT2D eigenvalue weighted by atomic mass is 9.81. The van der Waals surface area contributed by atoms with Crippen LogP contribution in [-0.4, -0.2) is 32.6 Å². The van der Waals surface area contributed by atoms with Gasteiger partial charge in [-0.05, 0) is 44.4 Å². The van der Waals surface area contributed by atoms with Crippen molar-refractivity contribution in [1.29, 1.82) is 0 Å². The van der Waals surface area contributed by atoms with E-state index >= 15 is 0 Å². The zero-order valence-electron chi connectivity index (χ0n) is 10.6. The molecule has 0 aromatic carbocycles. The summed E-state index contributed by atoms with van der Waals surface area (Å²) in [6.45, 7) is 1.99. The lowest BCUT2D eigenvalue weighted by Gasteiger charge is -2.25. The van der Waals surface area contributed by atoms with E-state index in [1.165, 1.54) is 25.7 Å². The molecule has 5 heteroatoms. The molecule has 0 atom stereocenters. The van der Waals surface area contributed by atoms with Crippen LogP contribution in [0.1, 0.15) is 50.5 Å². The number of imidazole rings is 1. The zero-order chi connectivity index (χ0) is 12.8. The average Bonchev–Trinajstić information content (AvgIpc) is 3.28. The molecule has 0 amide bonds. The number of hydrogen-bond donors (Lipinski definition) is 3. The van der Waals surface area contributed by atoms with Gasteiger partial charge >= 0.3 is 0 Å². The fourth-order valence-electron chi connectivity index (χ4n) is 3.34. The van der Waals surface area contributed by atoms with Gasteiger partial charge in [-0.25, -0.2) is 4.98 Å². The first-order valence-corrected chi connectivity index (χ1v) is 6.53. The number of aliphatic hydroxyl groups is 1. The number of oxime groups is 1. The minimum absolute atomic E-state index is 0.191. The van der Waals surface area contributed by atoms with Crippen LogP contribution in [0.4, 0.5) is 0 Å². The second-order valence-corrected chi connectivity index (χ2v) is 5.67. The molecule has 3 rings (SSSR count). The molecule has 1 aromatic rings. The van der Waals surface area contributed by atoms with Gasteiger partial charge in [0.2, 0.25) is 0 Å². The molecule has 0 aliphatic heterocycles. The van der Waals surface area contributed by atoms with Crippen molar-refractivity contribution in [2.75, 3.05) is 6.61 Å². The number of hydrogen-bond acceptors (Lipinski definition) is 4. The molecule has 0 radical (unpaired) electrons. The first-order valence-electron chi connectivity index (χ1n) is 6.53. The summed E-state index contributed by atoms with van der Waals surface area (Å²) in [7, 11) is 0. The van der Waals surface area contributed by atoms with Gasteiger partial charge in [0.05, 0.1) is 0 Å². The molecule has 18 heavy (non-hydrogen) atoms. The maximum Gasteiger partial charge on any atom is 0.155 e. The van der Waals surface area contributed by atoms with Crippen molar-refractivity contribution >= 4 is 5.71 Å². The van der Waals surface area contributed by atoms with Gasteiger partial charge in [0.1, 0.15) is 5.71 Å². The third-order valence-electron chi connectivity index (χ3n) is 4.79. The van der Waals surface area contributed by atoms with Gasteiger partial charge < -0.3 is 15.3 Å². The maximum atomic E-state index is 9.23. The second-order valence-electron chi connectivity index (χ2n) is 5.67. The Hall–Kier alpha value is -1.36. The predicted molar refractivity (Wildman–Crippen MR) is 66.9 cm³/mol. The number of aromatic nitrogens is 2. The Morgan fingerprint density at radius 3 is 2.67 bits per heavy atom. The van der Waals surface area contributed by atoms with E-state index in [-0.39, 0.29) is 17.4 Å². The molecule has 1 heterocycles. The highest BCUT2D eigenvalue weighted by Crippen LogP contribution is 2.71. The number of rotatable bonds is 5. The molecule has 2 saturated carbocycles. The molecule has 98 valence electrons. The van der Waals surface area contributed by atoms with Gasteiger partial charge in [0.25, 0.3) is 0 Å². The van der Waals surface area contributed by atoms with E-state index in [0.29, 0.717) is 11.5 Å². The van der Waals surface area contributed by atoms with Crippen molar-refractivity contribution < 1.29 is 10.3 Å². The Morgan fingerprint density at radius 2 is 2.17 bits per heavy atom. The summed E-state index contributed by atoms with van der Waals surface area (Å²) in [5.74, 6) is 0.638. The van der Waals surface area contributed by atoms with Crippen molar-refractivity contribution in [1.82, 2.24) is 9.97 Å². The highest BCUT2D eigenvalue weighted by Gasteiger charge is 2.66. The van der Waals surface area contributed by atoms with Crippen molar-refractivity contribution in [2.45, 2.75) is 44.4 Å². The summed E-state index contributed by atoms with van der Waals surface area (Å²) in [5.41, 5.74) is 2.13. The van der Waals surface area contributed by atoms with Gasteiger partial charge in [-0.1, -0.05) is 5.16 Å². The van der Waals surface area contributed by atoms with Crippen LogP contribution in [0.15, 0.2) is 11.4 Å². The molecule has 0 saturated heterocycles. The minimum atomic E-state index is 0.191. The number of nitrogens with zero attached hydrogens (tertiary/aromatic N) is 2. The van der Waals surface area contributed by atoms with Crippen molar-refractivity contribution in [3.05, 3.63) is 17.7 Å². The normalized spacial score (nSPS) is 24.0. The Balaban J connectivity index is 1.89. The second kappa shape index (κ2) is 3.82. The molecule has 2 aliphatic rings. The van der Waals surface area contributed by atoms with Crippen molar-refractivity contribution in [3.63, 3.8) is 0 Å². The summed E-state index contributed by atoms with van der Waals surface area (Å²) in [6, 6.07) is 0. The average molecular weight is 249 g/mol. The van der Waals surface area contributed by atoms with Crippen LogP contribution in [0.5, 0.6) is 0 Å². The van der Waals surface area contributed by atoms with Crippen LogP contribution in [-0.2, 0) is 5.41 Å². The summed E-state index contributed by atoms with van der Waals surface area (Å²) in [6.07, 6.45) is 7.50. The van der Waals surface area contributed by atoms with Crippen molar-refractivity contribution in [2.24, 2.45) is 10.6 Å². The summed E-state index contributed by atoms with van der Waals surface area (Å²) < 4.78 is 0. The van der Waals surface area contributed by atoms with Crippen LogP contribution in [0, 0.1) is 5.41 Å². The molecule has 0 bridgehead atoms. The first kappa shape index (κ1) is 11.7. The number of H-pyrrole nitrogens is 1. The van der Waals surface area contributed by atoms with E-state index in [1.807, 2.05) is 6.20 Å². The third-order valence-corrected chi connectivity index (χ3v) is 4.79. The molecule has 0 unspecified atom stereocenters. The quantitative estimate of drug-likeness (QED) is 0.423. The van der Waals surface area contributed by atoms with Crippen LogP contribution >= 0.6 is 0 Å². The smallest absolute Gasteiger partial charge is 0.155 e. The number of aromatic amines is 1. The van der Waals surface area contributed by atoms with E-state index in [0.717, 1.165) is 12.1 Å². The number of nitrogens with one attached hydrogen (secondary N) is 1. The molecule has 3 N–H and O–H groups in total. The molecule has 5 nitrogen and oxygen atoms in total. The van der Waals surface area contributed by atoms with Gasteiger partial charge in [-0.3, -0.25) is 0 Å². The molecule has 0 spiro atoms. The highest BCUT2D eigenvalue weighted by atomic mass is 16.4. The van der Waals surface area contributed by atoms with Crippen LogP contribution < -0.4 is 0 Å². The Kier molecular flexibility index (Phi) is 2.48. The zero-order valence-corrected chi connectivity index (χ0v) is 10.6. The van der Waals surface area contributed by atoms with Crippen LogP contribution in [0.25, 0.3) is 0 Å². The highest BCUT2D eigenvalue weighted by molar-refractivity contribution is 5.94. The monoisotopic (exact) mass is 249 g/mol. The van der Waals surface area contributed by atoms with Gasteiger partial charge in [0.15, 0.2) is 5.82 Å². The van der Waals surface area contributed by atoms with E-state index < -0.39 is 0 Å². The van der Waals surface area contributed by atoms with Crippen molar-refractivity contribution in [3.8, 4) is 0 Å². The predicted octanol–water partition coefficient (Wildman–Crippen LogP) is 1.80. The Bertz CT molecular complexity index is 484. The van der Waals surface area contributed by atoms with E-state index in [9.17, 15) is 5.11 Å². The van der Waals surface area contributed by atoms with E-state index in [1.54, 1.807) is 6.92 Å². The molecule has 2 fully saturated rings. The van der Waals surface area contributed by atoms with E-state index in [4.69, 9.17) is 5.21 Å².